The highest BCUT2D eigenvalue weighted by molar-refractivity contribution is 5.93. The lowest BCUT2D eigenvalue weighted by Crippen LogP contribution is -2.38. The van der Waals surface area contributed by atoms with Gasteiger partial charge in [-0.05, 0) is 27.7 Å². The van der Waals surface area contributed by atoms with Crippen LogP contribution in [-0.2, 0) is 24.9 Å². The van der Waals surface area contributed by atoms with E-state index in [-0.39, 0.29) is 43.2 Å². The maximum Gasteiger partial charge on any atom is 0.340 e. The number of nitrogens with zero attached hydrogens (tertiary/aromatic N) is 1. The normalized spacial score (nSPS) is 11.3. The molecule has 0 aromatic carbocycles. The quantitative estimate of drug-likeness (QED) is 0.391. The zero-order valence-electron chi connectivity index (χ0n) is 14.3. The molecule has 0 aliphatic rings. The van der Waals surface area contributed by atoms with Crippen LogP contribution in [0, 0.1) is 0 Å². The summed E-state index contributed by atoms with van der Waals surface area (Å²) in [5.74, 6) is -3.15. The molecule has 0 saturated heterocycles. The number of aldehydes is 1. The summed E-state index contributed by atoms with van der Waals surface area (Å²) in [5.41, 5.74) is -0.500. The lowest BCUT2D eigenvalue weighted by atomic mass is 10.0. The van der Waals surface area contributed by atoms with Gasteiger partial charge in [0.25, 0.3) is 0 Å². The predicted molar refractivity (Wildman–Crippen MR) is 83.8 cm³/mol. The van der Waals surface area contributed by atoms with Crippen LogP contribution in [0.5, 0.6) is 5.75 Å². The summed E-state index contributed by atoms with van der Waals surface area (Å²) in [6.07, 6.45) is 1.49. The fraction of sp³-hybridized carbons (Fsp3) is 0.562. The van der Waals surface area contributed by atoms with Crippen LogP contribution in [0.15, 0.2) is 6.20 Å². The molecule has 1 aromatic heterocycles. The predicted octanol–water partition coefficient (Wildman–Crippen LogP) is 2.00. The first-order valence-electron chi connectivity index (χ1n) is 7.77. The largest absolute Gasteiger partial charge is 0.505 e. The molecule has 1 N–H and O–H groups in total. The van der Waals surface area contributed by atoms with Gasteiger partial charge < -0.3 is 24.1 Å². The molecule has 1 aromatic rings. The molecule has 0 amide bonds. The van der Waals surface area contributed by atoms with Crippen LogP contribution in [-0.4, -0.2) is 48.8 Å². The first kappa shape index (κ1) is 20.0. The van der Waals surface area contributed by atoms with Crippen molar-refractivity contribution in [3.63, 3.8) is 0 Å². The van der Waals surface area contributed by atoms with E-state index in [4.69, 9.17) is 18.9 Å². The number of aromatic nitrogens is 1. The summed E-state index contributed by atoms with van der Waals surface area (Å²) in [7, 11) is 0. The van der Waals surface area contributed by atoms with Crippen LogP contribution in [0.1, 0.15) is 54.1 Å². The van der Waals surface area contributed by atoms with E-state index in [1.54, 1.807) is 27.7 Å². The molecule has 0 bridgehead atoms. The third kappa shape index (κ3) is 4.08. The molecule has 134 valence electrons. The fourth-order valence-corrected chi connectivity index (χ4v) is 2.19. The van der Waals surface area contributed by atoms with Crippen molar-refractivity contribution in [3.05, 3.63) is 23.0 Å². The van der Waals surface area contributed by atoms with E-state index in [0.717, 1.165) is 6.20 Å². The lowest BCUT2D eigenvalue weighted by molar-refractivity contribution is -0.390. The second-order valence-electron chi connectivity index (χ2n) is 4.47. The Morgan fingerprint density at radius 2 is 1.67 bits per heavy atom. The summed E-state index contributed by atoms with van der Waals surface area (Å²) in [6, 6.07) is 0. The summed E-state index contributed by atoms with van der Waals surface area (Å²) < 4.78 is 21.8. The number of aromatic hydroxyl groups is 1. The number of carbonyl (C=O) groups excluding carboxylic acids is 2. The molecule has 0 radical (unpaired) electrons. The van der Waals surface area contributed by atoms with Crippen molar-refractivity contribution in [2.24, 2.45) is 0 Å². The van der Waals surface area contributed by atoms with Gasteiger partial charge in [0, 0.05) is 26.0 Å². The van der Waals surface area contributed by atoms with E-state index in [1.807, 2.05) is 0 Å². The van der Waals surface area contributed by atoms with Crippen molar-refractivity contribution in [3.8, 4) is 5.75 Å². The van der Waals surface area contributed by atoms with Gasteiger partial charge in [0.15, 0.2) is 12.0 Å². The average Bonchev–Trinajstić information content (AvgIpc) is 2.55. The molecule has 0 atom stereocenters. The van der Waals surface area contributed by atoms with E-state index in [9.17, 15) is 14.7 Å². The van der Waals surface area contributed by atoms with Crippen LogP contribution in [0.4, 0.5) is 0 Å². The summed E-state index contributed by atoms with van der Waals surface area (Å²) in [4.78, 5) is 27.1. The highest BCUT2D eigenvalue weighted by atomic mass is 16.9. The number of esters is 1. The van der Waals surface area contributed by atoms with Gasteiger partial charge in [0.1, 0.15) is 11.3 Å². The molecule has 0 aliphatic carbocycles. The monoisotopic (exact) mass is 341 g/mol. The highest BCUT2D eigenvalue weighted by Crippen LogP contribution is 2.39. The summed E-state index contributed by atoms with van der Waals surface area (Å²) in [6.45, 7) is 7.38. The zero-order valence-corrected chi connectivity index (χ0v) is 14.3. The van der Waals surface area contributed by atoms with Gasteiger partial charge in [0.05, 0.1) is 12.2 Å². The Balaban J connectivity index is 3.69. The Hall–Kier alpha value is -2.03. The van der Waals surface area contributed by atoms with E-state index in [2.05, 4.69) is 4.98 Å². The lowest BCUT2D eigenvalue weighted by Gasteiger charge is -2.34. The molecule has 0 unspecified atom stereocenters. The number of carbonyl (C=O) groups is 2. The first-order chi connectivity index (χ1) is 11.5. The zero-order chi connectivity index (χ0) is 18.2. The minimum atomic E-state index is -1.86. The van der Waals surface area contributed by atoms with Gasteiger partial charge in [-0.2, -0.15) is 0 Å². The minimum absolute atomic E-state index is 0.102. The molecule has 8 heteroatoms. The van der Waals surface area contributed by atoms with Gasteiger partial charge in [-0.3, -0.25) is 4.79 Å². The maximum absolute atomic E-state index is 12.2. The van der Waals surface area contributed by atoms with E-state index >= 15 is 0 Å². The molecule has 0 fully saturated rings. The molecule has 0 aliphatic heterocycles. The number of hydrogen-bond acceptors (Lipinski definition) is 8. The molecular weight excluding hydrogens is 318 g/mol. The van der Waals surface area contributed by atoms with Crippen LogP contribution in [0.25, 0.3) is 0 Å². The van der Waals surface area contributed by atoms with Crippen molar-refractivity contribution in [1.82, 2.24) is 4.98 Å². The van der Waals surface area contributed by atoms with Crippen molar-refractivity contribution < 1.29 is 33.6 Å². The number of rotatable bonds is 10. The van der Waals surface area contributed by atoms with Gasteiger partial charge >= 0.3 is 11.9 Å². The Morgan fingerprint density at radius 3 is 2.08 bits per heavy atom. The minimum Gasteiger partial charge on any atom is -0.505 e. The molecule has 0 saturated carbocycles. The van der Waals surface area contributed by atoms with Gasteiger partial charge in [-0.1, -0.05) is 0 Å². The van der Waals surface area contributed by atoms with Crippen LogP contribution >= 0.6 is 0 Å². The molecule has 8 nitrogen and oxygen atoms in total. The smallest absolute Gasteiger partial charge is 0.340 e. The fourth-order valence-electron chi connectivity index (χ4n) is 2.19. The van der Waals surface area contributed by atoms with Crippen LogP contribution in [0.3, 0.4) is 0 Å². The second kappa shape index (κ2) is 9.31. The standard InChI is InChI=1S/C16H23NO7/c1-5-21-15(20)11-9-17-12(10-18)14(19)13(11)16(22-6-2,23-7-3)24-8-4/h9-10,19H,5-8H2,1-4H3. The third-order valence-corrected chi connectivity index (χ3v) is 3.00. The third-order valence-electron chi connectivity index (χ3n) is 3.00. The molecule has 1 heterocycles. The number of hydrogen-bond donors (Lipinski definition) is 1. The van der Waals surface area contributed by atoms with Crippen molar-refractivity contribution in [2.45, 2.75) is 33.7 Å². The maximum atomic E-state index is 12.2. The first-order valence-corrected chi connectivity index (χ1v) is 7.77. The topological polar surface area (TPSA) is 104 Å². The van der Waals surface area contributed by atoms with Crippen LogP contribution in [0.2, 0.25) is 0 Å². The Labute approximate surface area is 140 Å². The highest BCUT2D eigenvalue weighted by Gasteiger charge is 2.43. The van der Waals surface area contributed by atoms with Crippen molar-refractivity contribution in [1.29, 1.82) is 0 Å². The number of ether oxygens (including phenoxy) is 4. The molecule has 0 spiro atoms. The van der Waals surface area contributed by atoms with Crippen molar-refractivity contribution in [2.75, 3.05) is 26.4 Å². The Morgan fingerprint density at radius 1 is 1.12 bits per heavy atom. The SMILES string of the molecule is CCOC(=O)c1cnc(C=O)c(O)c1C(OCC)(OCC)OCC. The van der Waals surface area contributed by atoms with E-state index in [0.29, 0.717) is 6.29 Å². The van der Waals surface area contributed by atoms with E-state index in [1.165, 1.54) is 0 Å². The van der Waals surface area contributed by atoms with Gasteiger partial charge in [0.2, 0.25) is 0 Å². The summed E-state index contributed by atoms with van der Waals surface area (Å²) >= 11 is 0. The van der Waals surface area contributed by atoms with Gasteiger partial charge in [-0.25, -0.2) is 9.78 Å². The Bertz CT molecular complexity index is 557. The van der Waals surface area contributed by atoms with Crippen molar-refractivity contribution >= 4 is 12.3 Å². The average molecular weight is 341 g/mol. The number of pyridine rings is 1. The second-order valence-corrected chi connectivity index (χ2v) is 4.47. The summed E-state index contributed by atoms with van der Waals surface area (Å²) in [5, 5.41) is 10.5. The van der Waals surface area contributed by atoms with Crippen LogP contribution < -0.4 is 0 Å². The molecule has 24 heavy (non-hydrogen) atoms. The van der Waals surface area contributed by atoms with E-state index < -0.39 is 17.7 Å². The molecular formula is C16H23NO7. The molecule has 1 rings (SSSR count). The van der Waals surface area contributed by atoms with Gasteiger partial charge in [-0.15, -0.1) is 0 Å². The Kier molecular flexibility index (Phi) is 7.76.